The van der Waals surface area contributed by atoms with Gasteiger partial charge >= 0.3 is 0 Å². The van der Waals surface area contributed by atoms with Gasteiger partial charge in [-0.05, 0) is 18.8 Å². The zero-order chi connectivity index (χ0) is 14.5. The molecule has 2 N–H and O–H groups in total. The third kappa shape index (κ3) is 4.56. The Hall–Kier alpha value is -0.980. The summed E-state index contributed by atoms with van der Waals surface area (Å²) >= 11 is 0. The molecule has 0 amide bonds. The molecular formula is C13H25N3O3. The quantitative estimate of drug-likeness (QED) is 0.818. The number of rotatable bonds is 7. The summed E-state index contributed by atoms with van der Waals surface area (Å²) in [6.07, 6.45) is 0.442. The van der Waals surface area contributed by atoms with Crippen LogP contribution in [0.2, 0.25) is 0 Å². The summed E-state index contributed by atoms with van der Waals surface area (Å²) in [6, 6.07) is -0.302. The van der Waals surface area contributed by atoms with Gasteiger partial charge in [-0.1, -0.05) is 25.9 Å². The number of aromatic nitrogens is 2. The summed E-state index contributed by atoms with van der Waals surface area (Å²) < 4.78 is 15.9. The van der Waals surface area contributed by atoms with E-state index in [-0.39, 0.29) is 17.6 Å². The molecule has 1 heterocycles. The second-order valence-electron chi connectivity index (χ2n) is 5.58. The number of hydrogen-bond acceptors (Lipinski definition) is 6. The van der Waals surface area contributed by atoms with Crippen molar-refractivity contribution in [1.82, 2.24) is 10.1 Å². The van der Waals surface area contributed by atoms with E-state index in [4.69, 9.17) is 19.7 Å². The third-order valence-electron chi connectivity index (χ3n) is 2.76. The molecular weight excluding hydrogens is 246 g/mol. The highest BCUT2D eigenvalue weighted by Gasteiger charge is 2.31. The molecule has 0 aliphatic rings. The molecule has 0 aliphatic heterocycles. The maximum absolute atomic E-state index is 5.96. The summed E-state index contributed by atoms with van der Waals surface area (Å²) in [6.45, 7) is 9.34. The van der Waals surface area contributed by atoms with Crippen LogP contribution in [-0.2, 0) is 9.47 Å². The molecule has 0 bridgehead atoms. The second kappa shape index (κ2) is 6.98. The molecule has 1 aromatic rings. The van der Waals surface area contributed by atoms with Crippen molar-refractivity contribution in [1.29, 1.82) is 0 Å². The minimum atomic E-state index is -0.302. The molecule has 0 aliphatic carbocycles. The van der Waals surface area contributed by atoms with Crippen LogP contribution < -0.4 is 5.73 Å². The van der Waals surface area contributed by atoms with Crippen molar-refractivity contribution in [3.63, 3.8) is 0 Å². The number of hydrogen-bond donors (Lipinski definition) is 1. The maximum Gasteiger partial charge on any atom is 0.243 e. The summed E-state index contributed by atoms with van der Waals surface area (Å²) in [5.41, 5.74) is 5.86. The van der Waals surface area contributed by atoms with Gasteiger partial charge in [0.05, 0.1) is 6.04 Å². The fraction of sp³-hybridized carbons (Fsp3) is 0.846. The first kappa shape index (κ1) is 16.1. The second-order valence-corrected chi connectivity index (χ2v) is 5.58. The SMILES string of the molecule is CCOC(c1noc(C(N)CCOC)n1)C(C)(C)C. The summed E-state index contributed by atoms with van der Waals surface area (Å²) in [5, 5.41) is 4.00. The molecule has 6 heteroatoms. The van der Waals surface area contributed by atoms with Crippen molar-refractivity contribution in [3.8, 4) is 0 Å². The molecule has 2 unspecified atom stereocenters. The highest BCUT2D eigenvalue weighted by atomic mass is 16.5. The number of nitrogens with zero attached hydrogens (tertiary/aromatic N) is 2. The van der Waals surface area contributed by atoms with Crippen LogP contribution in [-0.4, -0.2) is 30.5 Å². The van der Waals surface area contributed by atoms with Crippen LogP contribution in [0.1, 0.15) is 58.0 Å². The van der Waals surface area contributed by atoms with Gasteiger partial charge in [-0.3, -0.25) is 0 Å². The Bertz CT molecular complexity index is 373. The van der Waals surface area contributed by atoms with Crippen LogP contribution in [0.25, 0.3) is 0 Å². The van der Waals surface area contributed by atoms with E-state index in [9.17, 15) is 0 Å². The lowest BCUT2D eigenvalue weighted by atomic mass is 9.88. The zero-order valence-electron chi connectivity index (χ0n) is 12.5. The van der Waals surface area contributed by atoms with Crippen LogP contribution >= 0.6 is 0 Å². The van der Waals surface area contributed by atoms with Crippen molar-refractivity contribution >= 4 is 0 Å². The lowest BCUT2D eigenvalue weighted by Crippen LogP contribution is -2.23. The molecule has 0 saturated carbocycles. The molecule has 0 radical (unpaired) electrons. The van der Waals surface area contributed by atoms with E-state index in [1.807, 2.05) is 6.92 Å². The van der Waals surface area contributed by atoms with Gasteiger partial charge in [0.25, 0.3) is 0 Å². The lowest BCUT2D eigenvalue weighted by Gasteiger charge is -2.27. The summed E-state index contributed by atoms with van der Waals surface area (Å²) in [4.78, 5) is 4.37. The predicted molar refractivity (Wildman–Crippen MR) is 71.5 cm³/mol. The number of nitrogens with two attached hydrogens (primary N) is 1. The van der Waals surface area contributed by atoms with Gasteiger partial charge in [0.15, 0.2) is 0 Å². The van der Waals surface area contributed by atoms with Crippen LogP contribution in [0.3, 0.4) is 0 Å². The molecule has 6 nitrogen and oxygen atoms in total. The molecule has 0 spiro atoms. The molecule has 1 aromatic heterocycles. The number of methoxy groups -OCH3 is 1. The largest absolute Gasteiger partial charge is 0.385 e. The average Bonchev–Trinajstić information content (AvgIpc) is 2.80. The van der Waals surface area contributed by atoms with Gasteiger partial charge in [0, 0.05) is 20.3 Å². The van der Waals surface area contributed by atoms with Crippen LogP contribution in [0, 0.1) is 5.41 Å². The molecule has 0 aromatic carbocycles. The minimum absolute atomic E-state index is 0.103. The van der Waals surface area contributed by atoms with Crippen LogP contribution in [0.5, 0.6) is 0 Å². The predicted octanol–water partition coefficient (Wildman–Crippen LogP) is 2.23. The van der Waals surface area contributed by atoms with E-state index < -0.39 is 0 Å². The van der Waals surface area contributed by atoms with Crippen molar-refractivity contribution in [3.05, 3.63) is 11.7 Å². The fourth-order valence-corrected chi connectivity index (χ4v) is 1.75. The van der Waals surface area contributed by atoms with Crippen molar-refractivity contribution in [2.24, 2.45) is 11.1 Å². The van der Waals surface area contributed by atoms with Gasteiger partial charge in [-0.2, -0.15) is 4.98 Å². The van der Waals surface area contributed by atoms with Crippen molar-refractivity contribution in [2.75, 3.05) is 20.3 Å². The first-order valence-corrected chi connectivity index (χ1v) is 6.59. The van der Waals surface area contributed by atoms with E-state index in [2.05, 4.69) is 30.9 Å². The van der Waals surface area contributed by atoms with Gasteiger partial charge in [0.2, 0.25) is 11.7 Å². The van der Waals surface area contributed by atoms with Crippen molar-refractivity contribution < 1.29 is 14.0 Å². The lowest BCUT2D eigenvalue weighted by molar-refractivity contribution is -0.0203. The van der Waals surface area contributed by atoms with Gasteiger partial charge in [0.1, 0.15) is 6.10 Å². The number of ether oxygens (including phenoxy) is 2. The first-order chi connectivity index (χ1) is 8.90. The first-order valence-electron chi connectivity index (χ1n) is 6.59. The van der Waals surface area contributed by atoms with Gasteiger partial charge in [-0.15, -0.1) is 0 Å². The van der Waals surface area contributed by atoms with E-state index in [1.54, 1.807) is 7.11 Å². The topological polar surface area (TPSA) is 83.4 Å². The highest BCUT2D eigenvalue weighted by Crippen LogP contribution is 2.34. The summed E-state index contributed by atoms with van der Waals surface area (Å²) in [7, 11) is 1.64. The average molecular weight is 271 g/mol. The van der Waals surface area contributed by atoms with Crippen LogP contribution in [0.15, 0.2) is 4.52 Å². The Kier molecular flexibility index (Phi) is 5.90. The Labute approximate surface area is 114 Å². The molecule has 2 atom stereocenters. The van der Waals surface area contributed by atoms with E-state index in [0.29, 0.717) is 31.3 Å². The molecule has 0 saturated heterocycles. The van der Waals surface area contributed by atoms with Gasteiger partial charge < -0.3 is 19.7 Å². The third-order valence-corrected chi connectivity index (χ3v) is 2.76. The Morgan fingerprint density at radius 1 is 1.37 bits per heavy atom. The standard InChI is InChI=1S/C13H25N3O3/c1-6-18-10(13(2,3)4)11-15-12(19-16-11)9(14)7-8-17-5/h9-10H,6-8,14H2,1-5H3. The van der Waals surface area contributed by atoms with Gasteiger partial charge in [-0.25, -0.2) is 0 Å². The molecule has 19 heavy (non-hydrogen) atoms. The highest BCUT2D eigenvalue weighted by molar-refractivity contribution is 4.98. The Morgan fingerprint density at radius 3 is 2.58 bits per heavy atom. The molecule has 110 valence electrons. The van der Waals surface area contributed by atoms with E-state index >= 15 is 0 Å². The molecule has 0 fully saturated rings. The Morgan fingerprint density at radius 2 is 2.05 bits per heavy atom. The van der Waals surface area contributed by atoms with Crippen molar-refractivity contribution in [2.45, 2.75) is 46.3 Å². The Balaban J connectivity index is 2.81. The van der Waals surface area contributed by atoms with E-state index in [1.165, 1.54) is 0 Å². The van der Waals surface area contributed by atoms with E-state index in [0.717, 1.165) is 0 Å². The molecule has 1 rings (SSSR count). The van der Waals surface area contributed by atoms with Crippen LogP contribution in [0.4, 0.5) is 0 Å². The maximum atomic E-state index is 5.96. The smallest absolute Gasteiger partial charge is 0.243 e. The zero-order valence-corrected chi connectivity index (χ0v) is 12.5. The summed E-state index contributed by atoms with van der Waals surface area (Å²) in [5.74, 6) is 0.984. The minimum Gasteiger partial charge on any atom is -0.385 e. The normalized spacial score (nSPS) is 15.5. The fourth-order valence-electron chi connectivity index (χ4n) is 1.75. The monoisotopic (exact) mass is 271 g/mol.